The van der Waals surface area contributed by atoms with Crippen LogP contribution in [0, 0.1) is 18.3 Å². The van der Waals surface area contributed by atoms with Gasteiger partial charge in [-0.25, -0.2) is 0 Å². The van der Waals surface area contributed by atoms with Crippen LogP contribution < -0.4 is 5.32 Å². The molecule has 1 aliphatic carbocycles. The molecule has 16 heavy (non-hydrogen) atoms. The van der Waals surface area contributed by atoms with Crippen molar-refractivity contribution >= 4 is 0 Å². The van der Waals surface area contributed by atoms with Crippen molar-refractivity contribution in [1.82, 2.24) is 10.2 Å². The van der Waals surface area contributed by atoms with Crippen LogP contribution in [0.4, 0.5) is 0 Å². The molecule has 0 radical (unpaired) electrons. The molecule has 2 rings (SSSR count). The molecule has 2 atom stereocenters. The Hall–Kier alpha value is -0.520. The maximum absolute atomic E-state index is 5.32. The molecule has 0 amide bonds. The molecule has 2 fully saturated rings. The highest BCUT2D eigenvalue weighted by atomic mass is 15.2. The summed E-state index contributed by atoms with van der Waals surface area (Å²) in [7, 11) is 0. The minimum Gasteiger partial charge on any atom is -0.311 e. The first-order chi connectivity index (χ1) is 7.85. The van der Waals surface area contributed by atoms with Gasteiger partial charge in [-0.05, 0) is 38.1 Å². The highest BCUT2D eigenvalue weighted by molar-refractivity contribution is 4.94. The predicted octanol–water partition coefficient (Wildman–Crippen LogP) is 1.86. The van der Waals surface area contributed by atoms with E-state index in [1.165, 1.54) is 38.9 Å². The lowest BCUT2D eigenvalue weighted by Crippen LogP contribution is -2.57. The molecule has 1 heterocycles. The Balaban J connectivity index is 1.81. The average Bonchev–Trinajstić information content (AvgIpc) is 3.13. The Kier molecular flexibility index (Phi) is 4.26. The standard InChI is InChI=1S/C14H24N2/c1-3-5-6-9-16-11-14(12-7-8-12)15-10-13(16)4-2/h1,12-15H,4-11H2,2H3. The van der Waals surface area contributed by atoms with Gasteiger partial charge < -0.3 is 5.32 Å². The zero-order valence-electron chi connectivity index (χ0n) is 10.4. The van der Waals surface area contributed by atoms with E-state index < -0.39 is 0 Å². The number of terminal acetylenes is 1. The van der Waals surface area contributed by atoms with Crippen molar-refractivity contribution < 1.29 is 0 Å². The summed E-state index contributed by atoms with van der Waals surface area (Å²) in [5, 5.41) is 3.72. The number of unbranched alkanes of at least 4 members (excludes halogenated alkanes) is 1. The molecule has 2 unspecified atom stereocenters. The lowest BCUT2D eigenvalue weighted by Gasteiger charge is -2.40. The van der Waals surface area contributed by atoms with Crippen LogP contribution in [0.15, 0.2) is 0 Å². The van der Waals surface area contributed by atoms with Crippen LogP contribution >= 0.6 is 0 Å². The molecule has 1 saturated carbocycles. The quantitative estimate of drug-likeness (QED) is 0.562. The van der Waals surface area contributed by atoms with Crippen molar-refractivity contribution in [3.63, 3.8) is 0 Å². The summed E-state index contributed by atoms with van der Waals surface area (Å²) in [4.78, 5) is 2.66. The van der Waals surface area contributed by atoms with Crippen molar-refractivity contribution in [2.75, 3.05) is 19.6 Å². The third-order valence-corrected chi connectivity index (χ3v) is 3.99. The highest BCUT2D eigenvalue weighted by Crippen LogP contribution is 2.34. The zero-order chi connectivity index (χ0) is 11.4. The molecule has 0 spiro atoms. The summed E-state index contributed by atoms with van der Waals surface area (Å²) in [6.07, 6.45) is 11.5. The van der Waals surface area contributed by atoms with Gasteiger partial charge >= 0.3 is 0 Å². The predicted molar refractivity (Wildman–Crippen MR) is 68.2 cm³/mol. The van der Waals surface area contributed by atoms with Gasteiger partial charge in [0.1, 0.15) is 0 Å². The van der Waals surface area contributed by atoms with E-state index in [-0.39, 0.29) is 0 Å². The lowest BCUT2D eigenvalue weighted by atomic mass is 10.0. The van der Waals surface area contributed by atoms with E-state index >= 15 is 0 Å². The Labute approximate surface area is 99.8 Å². The van der Waals surface area contributed by atoms with E-state index in [9.17, 15) is 0 Å². The van der Waals surface area contributed by atoms with E-state index in [1.54, 1.807) is 0 Å². The first-order valence-electron chi connectivity index (χ1n) is 6.76. The summed E-state index contributed by atoms with van der Waals surface area (Å²) in [5.41, 5.74) is 0. The van der Waals surface area contributed by atoms with Crippen molar-refractivity contribution in [3.05, 3.63) is 0 Å². The molecule has 2 nitrogen and oxygen atoms in total. The van der Waals surface area contributed by atoms with E-state index in [4.69, 9.17) is 6.42 Å². The summed E-state index contributed by atoms with van der Waals surface area (Å²) in [6, 6.07) is 1.49. The number of nitrogens with one attached hydrogen (secondary N) is 1. The first-order valence-corrected chi connectivity index (χ1v) is 6.76. The molecule has 0 aromatic heterocycles. The Morgan fingerprint density at radius 1 is 1.44 bits per heavy atom. The van der Waals surface area contributed by atoms with Crippen LogP contribution in [0.3, 0.4) is 0 Å². The third-order valence-electron chi connectivity index (χ3n) is 3.99. The average molecular weight is 220 g/mol. The summed E-state index contributed by atoms with van der Waals surface area (Å²) >= 11 is 0. The first kappa shape index (κ1) is 12.0. The fourth-order valence-corrected chi connectivity index (χ4v) is 2.76. The molecule has 2 aliphatic rings. The van der Waals surface area contributed by atoms with Gasteiger partial charge in [0.15, 0.2) is 0 Å². The molecule has 0 aromatic carbocycles. The van der Waals surface area contributed by atoms with E-state index in [2.05, 4.69) is 23.1 Å². The number of nitrogens with zero attached hydrogens (tertiary/aromatic N) is 1. The fourth-order valence-electron chi connectivity index (χ4n) is 2.76. The number of piperazine rings is 1. The van der Waals surface area contributed by atoms with Crippen LogP contribution in [0.25, 0.3) is 0 Å². The van der Waals surface area contributed by atoms with Gasteiger partial charge in [-0.2, -0.15) is 0 Å². The Morgan fingerprint density at radius 3 is 2.88 bits per heavy atom. The van der Waals surface area contributed by atoms with Crippen molar-refractivity contribution in [3.8, 4) is 12.3 Å². The van der Waals surface area contributed by atoms with E-state index in [1.807, 2.05) is 0 Å². The largest absolute Gasteiger partial charge is 0.311 e. The second-order valence-corrected chi connectivity index (χ2v) is 5.22. The monoisotopic (exact) mass is 220 g/mol. The molecule has 2 heteroatoms. The number of hydrogen-bond donors (Lipinski definition) is 1. The fraction of sp³-hybridized carbons (Fsp3) is 0.857. The van der Waals surface area contributed by atoms with Crippen LogP contribution in [-0.4, -0.2) is 36.6 Å². The van der Waals surface area contributed by atoms with Gasteiger partial charge in [0.25, 0.3) is 0 Å². The summed E-state index contributed by atoms with van der Waals surface area (Å²) in [6.45, 7) is 5.90. The molecule has 0 aromatic rings. The molecule has 0 bridgehead atoms. The maximum Gasteiger partial charge on any atom is 0.0224 e. The van der Waals surface area contributed by atoms with Crippen LogP contribution in [0.2, 0.25) is 0 Å². The molecular weight excluding hydrogens is 196 g/mol. The molecule has 90 valence electrons. The molecule has 1 N–H and O–H groups in total. The van der Waals surface area contributed by atoms with Crippen LogP contribution in [-0.2, 0) is 0 Å². The van der Waals surface area contributed by atoms with E-state index in [0.29, 0.717) is 0 Å². The van der Waals surface area contributed by atoms with Crippen molar-refractivity contribution in [2.24, 2.45) is 5.92 Å². The smallest absolute Gasteiger partial charge is 0.0224 e. The van der Waals surface area contributed by atoms with Crippen LogP contribution in [0.1, 0.15) is 39.0 Å². The SMILES string of the molecule is C#CCCCN1CC(C2CC2)NCC1CC. The van der Waals surface area contributed by atoms with Crippen LogP contribution in [0.5, 0.6) is 0 Å². The Bertz CT molecular complexity index is 252. The van der Waals surface area contributed by atoms with Gasteiger partial charge in [0.05, 0.1) is 0 Å². The topological polar surface area (TPSA) is 15.3 Å². The summed E-state index contributed by atoms with van der Waals surface area (Å²) < 4.78 is 0. The second-order valence-electron chi connectivity index (χ2n) is 5.22. The maximum atomic E-state index is 5.32. The van der Waals surface area contributed by atoms with Gasteiger partial charge in [-0.3, -0.25) is 4.90 Å². The van der Waals surface area contributed by atoms with E-state index in [0.717, 1.165) is 30.8 Å². The molecule has 1 saturated heterocycles. The zero-order valence-corrected chi connectivity index (χ0v) is 10.4. The van der Waals surface area contributed by atoms with Crippen molar-refractivity contribution in [2.45, 2.75) is 51.1 Å². The molecule has 1 aliphatic heterocycles. The normalized spacial score (nSPS) is 31.2. The third kappa shape index (κ3) is 2.99. The Morgan fingerprint density at radius 2 is 2.25 bits per heavy atom. The minimum atomic E-state index is 0.729. The van der Waals surface area contributed by atoms with Gasteiger partial charge in [0.2, 0.25) is 0 Å². The van der Waals surface area contributed by atoms with Gasteiger partial charge in [-0.15, -0.1) is 12.3 Å². The van der Waals surface area contributed by atoms with Gasteiger partial charge in [0, 0.05) is 31.6 Å². The minimum absolute atomic E-state index is 0.729. The van der Waals surface area contributed by atoms with Crippen molar-refractivity contribution in [1.29, 1.82) is 0 Å². The van der Waals surface area contributed by atoms with Gasteiger partial charge in [-0.1, -0.05) is 6.92 Å². The summed E-state index contributed by atoms with van der Waals surface area (Å²) in [5.74, 6) is 3.71. The second kappa shape index (κ2) is 5.70. The number of rotatable bonds is 5. The molecular formula is C14H24N2. The lowest BCUT2D eigenvalue weighted by molar-refractivity contribution is 0.118. The number of hydrogen-bond acceptors (Lipinski definition) is 2. The highest BCUT2D eigenvalue weighted by Gasteiger charge is 2.36.